The van der Waals surface area contributed by atoms with E-state index in [-0.39, 0.29) is 11.4 Å². The molecule has 0 aliphatic rings. The average Bonchev–Trinajstić information content (AvgIpc) is 2.74. The lowest BCUT2D eigenvalue weighted by Crippen LogP contribution is -2.23. The van der Waals surface area contributed by atoms with Crippen molar-refractivity contribution in [2.75, 3.05) is 13.7 Å². The summed E-state index contributed by atoms with van der Waals surface area (Å²) in [5.74, 6) is 2.36. The monoisotopic (exact) mass is 414 g/mol. The summed E-state index contributed by atoms with van der Waals surface area (Å²) in [6.07, 6.45) is 1.56. The molecule has 0 amide bonds. The van der Waals surface area contributed by atoms with Crippen molar-refractivity contribution in [3.8, 4) is 23.1 Å². The number of rotatable bonds is 9. The van der Waals surface area contributed by atoms with Crippen LogP contribution in [0, 0.1) is 0 Å². The van der Waals surface area contributed by atoms with Crippen LogP contribution < -0.4 is 18.9 Å². The fourth-order valence-electron chi connectivity index (χ4n) is 2.53. The van der Waals surface area contributed by atoms with Crippen LogP contribution in [0.4, 0.5) is 0 Å². The van der Waals surface area contributed by atoms with Gasteiger partial charge in [-0.3, -0.25) is 0 Å². The Morgan fingerprint density at radius 2 is 1.55 bits per heavy atom. The van der Waals surface area contributed by atoms with E-state index in [1.165, 1.54) is 19.2 Å². The summed E-state index contributed by atoms with van der Waals surface area (Å²) in [6.45, 7) is 2.65. The standard InChI is InChI=1S/C21H22N2O5S/c1-3-27-17-4-6-18(7-5-17)28-19-8-10-20(11-9-19)29(24,25)23-15-16-12-13-22-21(14-16)26-2/h4-14,23H,3,15H2,1-2H3. The zero-order valence-corrected chi connectivity index (χ0v) is 17.0. The third kappa shape index (κ3) is 5.69. The minimum Gasteiger partial charge on any atom is -0.494 e. The zero-order valence-electron chi connectivity index (χ0n) is 16.2. The maximum Gasteiger partial charge on any atom is 0.240 e. The second kappa shape index (κ2) is 9.40. The lowest BCUT2D eigenvalue weighted by atomic mass is 10.3. The molecule has 2 aromatic carbocycles. The molecule has 0 saturated heterocycles. The number of benzene rings is 2. The number of pyridine rings is 1. The quantitative estimate of drug-likeness (QED) is 0.574. The number of nitrogens with one attached hydrogen (secondary N) is 1. The molecule has 0 aliphatic heterocycles. The highest BCUT2D eigenvalue weighted by Crippen LogP contribution is 2.25. The first kappa shape index (κ1) is 20.6. The van der Waals surface area contributed by atoms with Crippen molar-refractivity contribution in [1.29, 1.82) is 0 Å². The van der Waals surface area contributed by atoms with Crippen LogP contribution in [0.25, 0.3) is 0 Å². The molecule has 8 heteroatoms. The summed E-state index contributed by atoms with van der Waals surface area (Å²) < 4.78 is 43.8. The number of sulfonamides is 1. The summed E-state index contributed by atoms with van der Waals surface area (Å²) in [5, 5.41) is 0. The predicted molar refractivity (Wildman–Crippen MR) is 109 cm³/mol. The minimum absolute atomic E-state index is 0.131. The van der Waals surface area contributed by atoms with E-state index in [0.717, 1.165) is 11.3 Å². The Kier molecular flexibility index (Phi) is 6.69. The second-order valence-corrected chi connectivity index (χ2v) is 7.78. The number of hydrogen-bond acceptors (Lipinski definition) is 6. The van der Waals surface area contributed by atoms with E-state index in [4.69, 9.17) is 14.2 Å². The Morgan fingerprint density at radius 1 is 0.931 bits per heavy atom. The molecule has 1 heterocycles. The van der Waals surface area contributed by atoms with Gasteiger partial charge in [-0.2, -0.15) is 0 Å². The molecule has 0 spiro atoms. The first-order chi connectivity index (χ1) is 14.0. The van der Waals surface area contributed by atoms with Gasteiger partial charge in [0, 0.05) is 18.8 Å². The van der Waals surface area contributed by atoms with Gasteiger partial charge in [0.2, 0.25) is 15.9 Å². The van der Waals surface area contributed by atoms with Crippen LogP contribution in [0.15, 0.2) is 71.8 Å². The van der Waals surface area contributed by atoms with Crippen molar-refractivity contribution in [2.45, 2.75) is 18.4 Å². The third-order valence-electron chi connectivity index (χ3n) is 3.98. The van der Waals surface area contributed by atoms with Crippen molar-refractivity contribution < 1.29 is 22.6 Å². The van der Waals surface area contributed by atoms with Crippen LogP contribution in [-0.4, -0.2) is 27.1 Å². The van der Waals surface area contributed by atoms with Gasteiger partial charge in [0.05, 0.1) is 18.6 Å². The molecule has 0 aliphatic carbocycles. The molecule has 1 N–H and O–H groups in total. The van der Waals surface area contributed by atoms with Gasteiger partial charge >= 0.3 is 0 Å². The van der Waals surface area contributed by atoms with E-state index in [9.17, 15) is 8.42 Å². The van der Waals surface area contributed by atoms with E-state index in [0.29, 0.717) is 24.0 Å². The summed E-state index contributed by atoms with van der Waals surface area (Å²) >= 11 is 0. The fraction of sp³-hybridized carbons (Fsp3) is 0.190. The van der Waals surface area contributed by atoms with Gasteiger partial charge in [-0.25, -0.2) is 18.1 Å². The number of hydrogen-bond donors (Lipinski definition) is 1. The van der Waals surface area contributed by atoms with Gasteiger partial charge in [0.25, 0.3) is 0 Å². The molecule has 152 valence electrons. The van der Waals surface area contributed by atoms with Crippen LogP contribution in [-0.2, 0) is 16.6 Å². The zero-order chi connectivity index (χ0) is 20.7. The van der Waals surface area contributed by atoms with Gasteiger partial charge in [0.1, 0.15) is 17.2 Å². The van der Waals surface area contributed by atoms with Crippen LogP contribution in [0.1, 0.15) is 12.5 Å². The Morgan fingerprint density at radius 3 is 2.17 bits per heavy atom. The Balaban J connectivity index is 1.63. The van der Waals surface area contributed by atoms with Crippen molar-refractivity contribution in [2.24, 2.45) is 0 Å². The molecular weight excluding hydrogens is 392 g/mol. The largest absolute Gasteiger partial charge is 0.494 e. The van der Waals surface area contributed by atoms with E-state index in [1.807, 2.05) is 19.1 Å². The van der Waals surface area contributed by atoms with Crippen molar-refractivity contribution in [1.82, 2.24) is 9.71 Å². The molecule has 0 bridgehead atoms. The summed E-state index contributed by atoms with van der Waals surface area (Å²) in [4.78, 5) is 4.15. The van der Waals surface area contributed by atoms with Gasteiger partial charge in [-0.05, 0) is 67.1 Å². The van der Waals surface area contributed by atoms with Gasteiger partial charge in [-0.1, -0.05) is 0 Å². The number of methoxy groups -OCH3 is 1. The number of aromatic nitrogens is 1. The highest BCUT2D eigenvalue weighted by molar-refractivity contribution is 7.89. The Hall–Kier alpha value is -3.10. The van der Waals surface area contributed by atoms with E-state index in [2.05, 4.69) is 9.71 Å². The van der Waals surface area contributed by atoms with E-state index in [1.54, 1.807) is 42.6 Å². The highest BCUT2D eigenvalue weighted by Gasteiger charge is 2.14. The third-order valence-corrected chi connectivity index (χ3v) is 5.40. The topological polar surface area (TPSA) is 86.8 Å². The van der Waals surface area contributed by atoms with Crippen LogP contribution in [0.5, 0.6) is 23.1 Å². The molecule has 0 radical (unpaired) electrons. The van der Waals surface area contributed by atoms with Crippen LogP contribution in [0.3, 0.4) is 0 Å². The first-order valence-electron chi connectivity index (χ1n) is 8.99. The molecule has 0 saturated carbocycles. The van der Waals surface area contributed by atoms with E-state index >= 15 is 0 Å². The van der Waals surface area contributed by atoms with Crippen molar-refractivity contribution >= 4 is 10.0 Å². The maximum atomic E-state index is 12.5. The van der Waals surface area contributed by atoms with Gasteiger partial charge < -0.3 is 14.2 Å². The molecule has 0 atom stereocenters. The van der Waals surface area contributed by atoms with Crippen molar-refractivity contribution in [3.05, 3.63) is 72.4 Å². The molecule has 3 aromatic rings. The molecule has 3 rings (SSSR count). The molecule has 7 nitrogen and oxygen atoms in total. The predicted octanol–water partition coefficient (Wildman–Crippen LogP) is 3.76. The van der Waals surface area contributed by atoms with Gasteiger partial charge in [0.15, 0.2) is 0 Å². The molecule has 0 unspecified atom stereocenters. The summed E-state index contributed by atoms with van der Waals surface area (Å²) in [5.41, 5.74) is 0.746. The first-order valence-corrected chi connectivity index (χ1v) is 10.5. The maximum absolute atomic E-state index is 12.5. The summed E-state index contributed by atoms with van der Waals surface area (Å²) in [6, 6.07) is 16.8. The van der Waals surface area contributed by atoms with Crippen molar-refractivity contribution in [3.63, 3.8) is 0 Å². The van der Waals surface area contributed by atoms with E-state index < -0.39 is 10.0 Å². The van der Waals surface area contributed by atoms with Crippen LogP contribution >= 0.6 is 0 Å². The van der Waals surface area contributed by atoms with Gasteiger partial charge in [-0.15, -0.1) is 0 Å². The molecular formula is C21H22N2O5S. The molecule has 1 aromatic heterocycles. The Labute approximate surface area is 170 Å². The highest BCUT2D eigenvalue weighted by atomic mass is 32.2. The lowest BCUT2D eigenvalue weighted by molar-refractivity contribution is 0.339. The minimum atomic E-state index is -3.66. The lowest BCUT2D eigenvalue weighted by Gasteiger charge is -2.10. The normalized spacial score (nSPS) is 11.1. The second-order valence-electron chi connectivity index (χ2n) is 6.01. The molecule has 29 heavy (non-hydrogen) atoms. The number of ether oxygens (including phenoxy) is 3. The number of nitrogens with zero attached hydrogens (tertiary/aromatic N) is 1. The Bertz CT molecular complexity index is 1040. The fourth-order valence-corrected chi connectivity index (χ4v) is 3.54. The summed E-state index contributed by atoms with van der Waals surface area (Å²) in [7, 11) is -2.16. The average molecular weight is 414 g/mol. The van der Waals surface area contributed by atoms with Crippen LogP contribution in [0.2, 0.25) is 0 Å². The molecule has 0 fully saturated rings. The SMILES string of the molecule is CCOc1ccc(Oc2ccc(S(=O)(=O)NCc3ccnc(OC)c3)cc2)cc1. The smallest absolute Gasteiger partial charge is 0.240 e.